The van der Waals surface area contributed by atoms with Crippen LogP contribution in [0.4, 0.5) is 0 Å². The molecule has 0 atom stereocenters. The minimum absolute atomic E-state index is 0.253. The molecule has 0 saturated heterocycles. The number of methoxy groups -OCH3 is 1. The molecule has 2 aromatic heterocycles. The van der Waals surface area contributed by atoms with Crippen molar-refractivity contribution in [2.45, 2.75) is 12.1 Å². The highest BCUT2D eigenvalue weighted by atomic mass is 32.2. The summed E-state index contributed by atoms with van der Waals surface area (Å²) in [6, 6.07) is 16.9. The predicted molar refractivity (Wildman–Crippen MR) is 128 cm³/mol. The minimum Gasteiger partial charge on any atom is -0.495 e. The molecule has 33 heavy (non-hydrogen) atoms. The van der Waals surface area contributed by atoms with E-state index in [1.807, 2.05) is 47.2 Å². The molecule has 3 heterocycles. The number of nitrogens with zero attached hydrogens (tertiary/aromatic N) is 4. The Labute approximate surface area is 199 Å². The van der Waals surface area contributed by atoms with Gasteiger partial charge in [-0.25, -0.2) is 0 Å². The number of aryl methyl sites for hydroxylation is 1. The molecular weight excluding hydrogens is 456 g/mol. The number of benzene rings is 2. The molecule has 166 valence electrons. The van der Waals surface area contributed by atoms with Gasteiger partial charge in [0.1, 0.15) is 5.75 Å². The summed E-state index contributed by atoms with van der Waals surface area (Å²) in [5.74, 6) is 1.41. The first-order chi connectivity index (χ1) is 16.1. The van der Waals surface area contributed by atoms with Crippen LogP contribution in [-0.4, -0.2) is 50.9 Å². The van der Waals surface area contributed by atoms with E-state index in [0.717, 1.165) is 22.0 Å². The fraction of sp³-hybridized carbons (Fsp3) is 0.167. The molecule has 0 saturated carbocycles. The zero-order chi connectivity index (χ0) is 22.9. The van der Waals surface area contributed by atoms with Gasteiger partial charge in [0, 0.05) is 12.3 Å². The molecule has 5 rings (SSSR count). The quantitative estimate of drug-likeness (QED) is 0.284. The standard InChI is InChI=1S/C24H20N4O3S2/c1-15-9-10-19(31-2)18(14-15)28-21(20-8-5-12-32-20)25-26-24(28)33-13-11-27-22(29)16-6-3-4-7-17(16)23(27)30/h3-10,12,14H,11,13H2,1-2H3. The number of ether oxygens (including phenoxy) is 1. The van der Waals surface area contributed by atoms with Crippen LogP contribution in [0, 0.1) is 6.92 Å². The van der Waals surface area contributed by atoms with Gasteiger partial charge in [-0.3, -0.25) is 19.1 Å². The van der Waals surface area contributed by atoms with E-state index in [4.69, 9.17) is 4.74 Å². The second kappa shape index (κ2) is 8.84. The summed E-state index contributed by atoms with van der Waals surface area (Å²) in [6.07, 6.45) is 0. The van der Waals surface area contributed by atoms with Crippen molar-refractivity contribution >= 4 is 34.9 Å². The van der Waals surface area contributed by atoms with Gasteiger partial charge in [-0.15, -0.1) is 21.5 Å². The van der Waals surface area contributed by atoms with Crippen molar-refractivity contribution < 1.29 is 14.3 Å². The summed E-state index contributed by atoms with van der Waals surface area (Å²) >= 11 is 3.03. The average Bonchev–Trinajstić information content (AvgIpc) is 3.55. The Balaban J connectivity index is 1.44. The van der Waals surface area contributed by atoms with Gasteiger partial charge < -0.3 is 4.74 Å². The minimum atomic E-state index is -0.253. The van der Waals surface area contributed by atoms with Crippen molar-refractivity contribution in [1.82, 2.24) is 19.7 Å². The van der Waals surface area contributed by atoms with E-state index >= 15 is 0 Å². The summed E-state index contributed by atoms with van der Waals surface area (Å²) in [6.45, 7) is 2.30. The summed E-state index contributed by atoms with van der Waals surface area (Å²) in [5.41, 5.74) is 2.84. The summed E-state index contributed by atoms with van der Waals surface area (Å²) in [4.78, 5) is 27.6. The number of hydrogen-bond donors (Lipinski definition) is 0. The lowest BCUT2D eigenvalue weighted by Gasteiger charge is -2.15. The predicted octanol–water partition coefficient (Wildman–Crippen LogP) is 4.70. The highest BCUT2D eigenvalue weighted by Gasteiger charge is 2.34. The van der Waals surface area contributed by atoms with E-state index in [0.29, 0.717) is 27.8 Å². The Kier molecular flexibility index (Phi) is 5.74. The summed E-state index contributed by atoms with van der Waals surface area (Å²) in [7, 11) is 1.64. The zero-order valence-electron chi connectivity index (χ0n) is 18.0. The largest absolute Gasteiger partial charge is 0.495 e. The number of rotatable bonds is 7. The van der Waals surface area contributed by atoms with Gasteiger partial charge in [0.25, 0.3) is 11.8 Å². The van der Waals surface area contributed by atoms with Crippen molar-refractivity contribution in [3.63, 3.8) is 0 Å². The maximum atomic E-state index is 12.7. The van der Waals surface area contributed by atoms with Gasteiger partial charge in [-0.1, -0.05) is 36.0 Å². The zero-order valence-corrected chi connectivity index (χ0v) is 19.7. The van der Waals surface area contributed by atoms with Crippen LogP contribution in [0.2, 0.25) is 0 Å². The Morgan fingerprint density at radius 1 is 1.00 bits per heavy atom. The van der Waals surface area contributed by atoms with Crippen LogP contribution < -0.4 is 4.74 Å². The van der Waals surface area contributed by atoms with Gasteiger partial charge in [0.05, 0.1) is 28.8 Å². The second-order valence-electron chi connectivity index (χ2n) is 7.45. The molecule has 2 aromatic carbocycles. The lowest BCUT2D eigenvalue weighted by atomic mass is 10.1. The number of amides is 2. The van der Waals surface area contributed by atoms with Crippen LogP contribution in [-0.2, 0) is 0 Å². The number of imide groups is 1. The molecule has 2 amide bonds. The fourth-order valence-electron chi connectivity index (χ4n) is 3.79. The van der Waals surface area contributed by atoms with Crippen molar-refractivity contribution in [1.29, 1.82) is 0 Å². The molecule has 1 aliphatic heterocycles. The van der Waals surface area contributed by atoms with E-state index < -0.39 is 0 Å². The lowest BCUT2D eigenvalue weighted by molar-refractivity contribution is 0.0664. The van der Waals surface area contributed by atoms with E-state index in [-0.39, 0.29) is 18.4 Å². The van der Waals surface area contributed by atoms with E-state index in [1.165, 1.54) is 16.7 Å². The molecule has 0 fully saturated rings. The Morgan fingerprint density at radius 2 is 1.76 bits per heavy atom. The molecule has 0 aliphatic carbocycles. The number of fused-ring (bicyclic) bond motifs is 1. The fourth-order valence-corrected chi connectivity index (χ4v) is 5.36. The highest BCUT2D eigenvalue weighted by molar-refractivity contribution is 7.99. The lowest BCUT2D eigenvalue weighted by Crippen LogP contribution is -2.31. The molecule has 0 radical (unpaired) electrons. The smallest absolute Gasteiger partial charge is 0.261 e. The van der Waals surface area contributed by atoms with Crippen LogP contribution in [0.3, 0.4) is 0 Å². The normalized spacial score (nSPS) is 13.0. The number of carbonyl (C=O) groups is 2. The molecule has 0 bridgehead atoms. The highest BCUT2D eigenvalue weighted by Crippen LogP contribution is 2.35. The van der Waals surface area contributed by atoms with Crippen LogP contribution in [0.5, 0.6) is 5.75 Å². The first-order valence-corrected chi connectivity index (χ1v) is 12.2. The van der Waals surface area contributed by atoms with Crippen LogP contribution in [0.15, 0.2) is 65.1 Å². The Bertz CT molecular complexity index is 1310. The number of carbonyl (C=O) groups excluding carboxylic acids is 2. The number of hydrogen-bond acceptors (Lipinski definition) is 7. The second-order valence-corrected chi connectivity index (χ2v) is 9.46. The third-order valence-corrected chi connectivity index (χ3v) is 7.15. The van der Waals surface area contributed by atoms with E-state index in [1.54, 1.807) is 42.7 Å². The Hall–Kier alpha value is -3.43. The van der Waals surface area contributed by atoms with Crippen molar-refractivity contribution in [2.24, 2.45) is 0 Å². The summed E-state index contributed by atoms with van der Waals surface area (Å²) in [5, 5.41) is 11.5. The van der Waals surface area contributed by atoms with Gasteiger partial charge >= 0.3 is 0 Å². The van der Waals surface area contributed by atoms with Gasteiger partial charge in [-0.05, 0) is 48.2 Å². The monoisotopic (exact) mass is 476 g/mol. The van der Waals surface area contributed by atoms with Crippen molar-refractivity contribution in [3.05, 3.63) is 76.7 Å². The number of aromatic nitrogens is 3. The molecular formula is C24H20N4O3S2. The van der Waals surface area contributed by atoms with Crippen molar-refractivity contribution in [2.75, 3.05) is 19.4 Å². The Morgan fingerprint density at radius 3 is 2.42 bits per heavy atom. The molecule has 4 aromatic rings. The van der Waals surface area contributed by atoms with Crippen LogP contribution in [0.25, 0.3) is 16.4 Å². The van der Waals surface area contributed by atoms with Gasteiger partial charge in [0.15, 0.2) is 11.0 Å². The third-order valence-electron chi connectivity index (χ3n) is 5.37. The molecule has 0 N–H and O–H groups in total. The van der Waals surface area contributed by atoms with Gasteiger partial charge in [-0.2, -0.15) is 0 Å². The summed E-state index contributed by atoms with van der Waals surface area (Å²) < 4.78 is 7.60. The number of thiophene rings is 1. The molecule has 0 unspecified atom stereocenters. The van der Waals surface area contributed by atoms with Crippen LogP contribution >= 0.6 is 23.1 Å². The van der Waals surface area contributed by atoms with Crippen molar-refractivity contribution in [3.8, 4) is 22.1 Å². The van der Waals surface area contributed by atoms with Crippen LogP contribution in [0.1, 0.15) is 26.3 Å². The molecule has 1 aliphatic rings. The maximum absolute atomic E-state index is 12.7. The van der Waals surface area contributed by atoms with E-state index in [9.17, 15) is 9.59 Å². The number of thioether (sulfide) groups is 1. The topological polar surface area (TPSA) is 77.3 Å². The molecule has 7 nitrogen and oxygen atoms in total. The SMILES string of the molecule is COc1ccc(C)cc1-n1c(SCCN2C(=O)c3ccccc3C2=O)nnc1-c1cccs1. The first-order valence-electron chi connectivity index (χ1n) is 10.3. The maximum Gasteiger partial charge on any atom is 0.261 e. The van der Waals surface area contributed by atoms with E-state index in [2.05, 4.69) is 10.2 Å². The first kappa shape index (κ1) is 21.4. The molecule has 9 heteroatoms. The van der Waals surface area contributed by atoms with Gasteiger partial charge in [0.2, 0.25) is 0 Å². The molecule has 0 spiro atoms. The average molecular weight is 477 g/mol. The third kappa shape index (κ3) is 3.83.